The van der Waals surface area contributed by atoms with E-state index in [-0.39, 0.29) is 6.61 Å². The molecular formula is C11H19N2O5P. The minimum absolute atomic E-state index is 0.00274. The third-order valence-electron chi connectivity index (χ3n) is 2.63. The third kappa shape index (κ3) is 5.34. The van der Waals surface area contributed by atoms with Crippen molar-refractivity contribution in [2.24, 2.45) is 5.18 Å². The summed E-state index contributed by atoms with van der Waals surface area (Å²) in [6, 6.07) is 0. The van der Waals surface area contributed by atoms with Crippen LogP contribution in [0, 0.1) is 4.91 Å². The summed E-state index contributed by atoms with van der Waals surface area (Å²) in [5.41, 5.74) is 0. The SMILES string of the molecule is CC[C@@H](O)C(COPO)OC(N=O)N1C=CCC=C1. The summed E-state index contributed by atoms with van der Waals surface area (Å²) >= 11 is 0. The van der Waals surface area contributed by atoms with E-state index in [2.05, 4.69) is 5.18 Å². The van der Waals surface area contributed by atoms with E-state index in [1.54, 1.807) is 19.3 Å². The zero-order chi connectivity index (χ0) is 14.1. The minimum Gasteiger partial charge on any atom is -0.390 e. The van der Waals surface area contributed by atoms with Crippen LogP contribution in [0.2, 0.25) is 0 Å². The van der Waals surface area contributed by atoms with Crippen molar-refractivity contribution < 1.29 is 19.3 Å². The van der Waals surface area contributed by atoms with Gasteiger partial charge >= 0.3 is 0 Å². The third-order valence-corrected chi connectivity index (χ3v) is 2.92. The second kappa shape index (κ2) is 9.12. The molecule has 0 radical (unpaired) electrons. The summed E-state index contributed by atoms with van der Waals surface area (Å²) in [6.07, 6.45) is 5.75. The Bertz CT molecular complexity index is 314. The topological polar surface area (TPSA) is 91.6 Å². The molecular weight excluding hydrogens is 271 g/mol. The molecule has 0 spiro atoms. The number of hydrogen-bond acceptors (Lipinski definition) is 7. The molecule has 108 valence electrons. The van der Waals surface area contributed by atoms with Gasteiger partial charge in [-0.2, -0.15) is 0 Å². The molecule has 1 rings (SSSR count). The van der Waals surface area contributed by atoms with Crippen molar-refractivity contribution in [1.82, 2.24) is 4.90 Å². The number of allylic oxidation sites excluding steroid dienone is 2. The standard InChI is InChI=1S/C11H19N2O5P/c1-2-9(14)10(8-17-19-16)18-11(12-15)13-6-4-3-5-7-13/h4-7,9-11,14,16,19H,2-3,8H2,1H3/t9-,10?,11?/m1/s1. The lowest BCUT2D eigenvalue weighted by molar-refractivity contribution is -0.123. The van der Waals surface area contributed by atoms with E-state index in [1.165, 1.54) is 4.90 Å². The zero-order valence-electron chi connectivity index (χ0n) is 10.7. The predicted octanol–water partition coefficient (Wildman–Crippen LogP) is 1.44. The first-order chi connectivity index (χ1) is 9.22. The molecule has 1 aliphatic heterocycles. The lowest BCUT2D eigenvalue weighted by Crippen LogP contribution is -2.39. The van der Waals surface area contributed by atoms with E-state index in [0.717, 1.165) is 6.42 Å². The van der Waals surface area contributed by atoms with Crippen molar-refractivity contribution in [3.63, 3.8) is 0 Å². The lowest BCUT2D eigenvalue weighted by atomic mass is 10.2. The Morgan fingerprint density at radius 3 is 2.68 bits per heavy atom. The molecule has 0 aliphatic carbocycles. The predicted molar refractivity (Wildman–Crippen MR) is 72.0 cm³/mol. The number of nitroso groups, excluding NO2 is 1. The maximum Gasteiger partial charge on any atom is 0.271 e. The molecule has 1 aliphatic rings. The number of aliphatic hydroxyl groups excluding tert-OH is 1. The summed E-state index contributed by atoms with van der Waals surface area (Å²) in [5.74, 6) is 0. The maximum absolute atomic E-state index is 10.9. The van der Waals surface area contributed by atoms with E-state index in [4.69, 9.17) is 14.2 Å². The molecule has 0 saturated carbocycles. The van der Waals surface area contributed by atoms with Gasteiger partial charge in [-0.25, -0.2) is 0 Å². The molecule has 8 heteroatoms. The first-order valence-corrected chi connectivity index (χ1v) is 6.86. The van der Waals surface area contributed by atoms with Crippen LogP contribution in [0.4, 0.5) is 0 Å². The van der Waals surface area contributed by atoms with E-state index in [9.17, 15) is 10.0 Å². The number of hydrogen-bond donors (Lipinski definition) is 2. The Labute approximate surface area is 113 Å². The molecule has 1 heterocycles. The van der Waals surface area contributed by atoms with Gasteiger partial charge in [0.05, 0.1) is 12.7 Å². The fourth-order valence-electron chi connectivity index (χ4n) is 1.57. The number of nitrogens with zero attached hydrogens (tertiary/aromatic N) is 2. The number of rotatable bonds is 9. The average molecular weight is 290 g/mol. The van der Waals surface area contributed by atoms with Gasteiger partial charge in [0.15, 0.2) is 9.03 Å². The first-order valence-electron chi connectivity index (χ1n) is 6.00. The summed E-state index contributed by atoms with van der Waals surface area (Å²) in [7, 11) is -0.693. The van der Waals surface area contributed by atoms with Crippen molar-refractivity contribution in [2.75, 3.05) is 6.61 Å². The summed E-state index contributed by atoms with van der Waals surface area (Å²) in [6.45, 7) is 1.78. The highest BCUT2D eigenvalue weighted by Gasteiger charge is 2.26. The molecule has 0 aromatic rings. The van der Waals surface area contributed by atoms with Gasteiger partial charge in [-0.1, -0.05) is 19.1 Å². The Kier molecular flexibility index (Phi) is 7.78. The summed E-state index contributed by atoms with van der Waals surface area (Å²) < 4.78 is 10.3. The van der Waals surface area contributed by atoms with Crippen LogP contribution in [0.1, 0.15) is 19.8 Å². The summed E-state index contributed by atoms with van der Waals surface area (Å²) in [4.78, 5) is 21.0. The van der Waals surface area contributed by atoms with E-state index in [0.29, 0.717) is 6.42 Å². The molecule has 0 aromatic heterocycles. The lowest BCUT2D eigenvalue weighted by Gasteiger charge is -2.29. The van der Waals surface area contributed by atoms with E-state index in [1.807, 2.05) is 12.2 Å². The summed E-state index contributed by atoms with van der Waals surface area (Å²) in [5, 5.41) is 12.7. The molecule has 2 N–H and O–H groups in total. The van der Waals surface area contributed by atoms with Crippen LogP contribution in [0.5, 0.6) is 0 Å². The highest BCUT2D eigenvalue weighted by Crippen LogP contribution is 2.17. The molecule has 0 bridgehead atoms. The van der Waals surface area contributed by atoms with Crippen LogP contribution in [0.25, 0.3) is 0 Å². The Morgan fingerprint density at radius 2 is 2.16 bits per heavy atom. The second-order valence-corrected chi connectivity index (χ2v) is 4.41. The van der Waals surface area contributed by atoms with Crippen molar-refractivity contribution in [3.05, 3.63) is 29.5 Å². The molecule has 4 atom stereocenters. The normalized spacial score (nSPS) is 19.8. The number of aliphatic hydroxyl groups is 1. The fraction of sp³-hybridized carbons (Fsp3) is 0.636. The molecule has 19 heavy (non-hydrogen) atoms. The molecule has 0 aromatic carbocycles. The largest absolute Gasteiger partial charge is 0.390 e. The van der Waals surface area contributed by atoms with Gasteiger partial charge in [0.1, 0.15) is 6.10 Å². The van der Waals surface area contributed by atoms with Crippen molar-refractivity contribution in [3.8, 4) is 0 Å². The van der Waals surface area contributed by atoms with E-state index >= 15 is 0 Å². The van der Waals surface area contributed by atoms with Gasteiger partial charge in [-0.15, -0.1) is 4.91 Å². The maximum atomic E-state index is 10.9. The van der Waals surface area contributed by atoms with Crippen molar-refractivity contribution >= 4 is 9.03 Å². The molecule has 7 nitrogen and oxygen atoms in total. The van der Waals surface area contributed by atoms with Gasteiger partial charge in [-0.3, -0.25) is 0 Å². The monoisotopic (exact) mass is 290 g/mol. The van der Waals surface area contributed by atoms with Crippen LogP contribution in [-0.4, -0.2) is 40.1 Å². The van der Waals surface area contributed by atoms with Crippen LogP contribution < -0.4 is 0 Å². The Balaban J connectivity index is 2.62. The van der Waals surface area contributed by atoms with Crippen molar-refractivity contribution in [1.29, 1.82) is 0 Å². The molecule has 3 unspecified atom stereocenters. The molecule has 0 fully saturated rings. The average Bonchev–Trinajstić information content (AvgIpc) is 2.47. The quantitative estimate of drug-likeness (QED) is 0.493. The van der Waals surface area contributed by atoms with Crippen LogP contribution >= 0.6 is 9.03 Å². The van der Waals surface area contributed by atoms with Gasteiger partial charge < -0.3 is 24.2 Å². The highest BCUT2D eigenvalue weighted by atomic mass is 31.1. The van der Waals surface area contributed by atoms with Crippen LogP contribution in [0.3, 0.4) is 0 Å². The van der Waals surface area contributed by atoms with Gasteiger partial charge in [0.2, 0.25) is 0 Å². The molecule has 0 saturated heterocycles. The molecule has 0 amide bonds. The minimum atomic E-state index is -1.07. The number of ether oxygens (including phenoxy) is 1. The van der Waals surface area contributed by atoms with Crippen molar-refractivity contribution in [2.45, 2.75) is 38.3 Å². The van der Waals surface area contributed by atoms with Gasteiger partial charge in [0, 0.05) is 12.4 Å². The highest BCUT2D eigenvalue weighted by molar-refractivity contribution is 7.24. The Morgan fingerprint density at radius 1 is 1.47 bits per heavy atom. The zero-order valence-corrected chi connectivity index (χ0v) is 11.7. The first kappa shape index (κ1) is 16.2. The second-order valence-electron chi connectivity index (χ2n) is 3.94. The fourth-order valence-corrected chi connectivity index (χ4v) is 1.81. The Hall–Kier alpha value is -0.850. The van der Waals surface area contributed by atoms with Gasteiger partial charge in [-0.05, 0) is 18.0 Å². The smallest absolute Gasteiger partial charge is 0.271 e. The van der Waals surface area contributed by atoms with Crippen LogP contribution in [0.15, 0.2) is 29.7 Å². The van der Waals surface area contributed by atoms with E-state index < -0.39 is 27.6 Å². The van der Waals surface area contributed by atoms with Crippen LogP contribution in [-0.2, 0) is 9.26 Å². The van der Waals surface area contributed by atoms with Gasteiger partial charge in [0.25, 0.3) is 6.35 Å².